The van der Waals surface area contributed by atoms with Crippen LogP contribution in [0.4, 0.5) is 0 Å². The highest BCUT2D eigenvalue weighted by Gasteiger charge is 2.36. The number of carboxylic acid groups (broad SMARTS) is 1. The molecule has 1 rings (SSSR count). The Hall–Kier alpha value is -0.180. The average molecular weight is 202 g/mol. The minimum Gasteiger partial charge on any atom is -0.481 e. The van der Waals surface area contributed by atoms with Gasteiger partial charge in [-0.25, -0.2) is 0 Å². The van der Waals surface area contributed by atoms with E-state index in [0.717, 1.165) is 24.3 Å². The second-order valence-electron chi connectivity index (χ2n) is 4.47. The summed E-state index contributed by atoms with van der Waals surface area (Å²) in [6.07, 6.45) is 2.51. The molecule has 0 bridgehead atoms. The fourth-order valence-corrected chi connectivity index (χ4v) is 3.73. The van der Waals surface area contributed by atoms with E-state index in [2.05, 4.69) is 13.8 Å². The van der Waals surface area contributed by atoms with Crippen molar-refractivity contribution in [3.8, 4) is 0 Å². The van der Waals surface area contributed by atoms with Crippen LogP contribution in [0.3, 0.4) is 0 Å². The molecule has 0 aromatic carbocycles. The molecule has 1 unspecified atom stereocenters. The van der Waals surface area contributed by atoms with Gasteiger partial charge in [-0.1, -0.05) is 13.8 Å². The molecule has 1 aliphatic heterocycles. The second-order valence-corrected chi connectivity index (χ2v) is 5.58. The Morgan fingerprint density at radius 2 is 2.31 bits per heavy atom. The van der Waals surface area contributed by atoms with Crippen LogP contribution < -0.4 is 0 Å². The van der Waals surface area contributed by atoms with Crippen molar-refractivity contribution >= 4 is 17.7 Å². The molecule has 1 fully saturated rings. The quantitative estimate of drug-likeness (QED) is 0.761. The van der Waals surface area contributed by atoms with E-state index in [-0.39, 0.29) is 5.41 Å². The molecule has 0 spiro atoms. The van der Waals surface area contributed by atoms with E-state index in [9.17, 15) is 4.79 Å². The van der Waals surface area contributed by atoms with Gasteiger partial charge in [0.05, 0.1) is 6.42 Å². The van der Waals surface area contributed by atoms with Crippen LogP contribution in [-0.4, -0.2) is 22.6 Å². The number of hydrogen-bond donors (Lipinski definition) is 1. The van der Waals surface area contributed by atoms with Gasteiger partial charge in [0.2, 0.25) is 0 Å². The first-order chi connectivity index (χ1) is 6.04. The van der Waals surface area contributed by atoms with Gasteiger partial charge in [-0.05, 0) is 35.7 Å². The Kier molecular flexibility index (Phi) is 3.65. The highest BCUT2D eigenvalue weighted by atomic mass is 32.2. The summed E-state index contributed by atoms with van der Waals surface area (Å²) in [5.74, 6) is 2.15. The zero-order valence-electron chi connectivity index (χ0n) is 8.38. The lowest BCUT2D eigenvalue weighted by Gasteiger charge is -2.28. The standard InChI is InChI=1S/C10H18O2S/c1-8(2)5-10(6-9(11)12)3-4-13-7-10/h8H,3-7H2,1-2H3,(H,11,12). The summed E-state index contributed by atoms with van der Waals surface area (Å²) < 4.78 is 0. The van der Waals surface area contributed by atoms with Crippen molar-refractivity contribution in [2.75, 3.05) is 11.5 Å². The van der Waals surface area contributed by atoms with Crippen LogP contribution in [0.2, 0.25) is 0 Å². The fourth-order valence-electron chi connectivity index (χ4n) is 2.21. The molecule has 1 saturated heterocycles. The lowest BCUT2D eigenvalue weighted by atomic mass is 9.77. The van der Waals surface area contributed by atoms with E-state index < -0.39 is 5.97 Å². The summed E-state index contributed by atoms with van der Waals surface area (Å²) in [5, 5.41) is 8.84. The number of aliphatic carboxylic acids is 1. The number of rotatable bonds is 4. The fraction of sp³-hybridized carbons (Fsp3) is 0.900. The molecule has 3 heteroatoms. The monoisotopic (exact) mass is 202 g/mol. The maximum absolute atomic E-state index is 10.7. The summed E-state index contributed by atoms with van der Waals surface area (Å²) in [4.78, 5) is 10.7. The molecule has 76 valence electrons. The minimum atomic E-state index is -0.636. The molecule has 1 atom stereocenters. The summed E-state index contributed by atoms with van der Waals surface area (Å²) in [6.45, 7) is 4.35. The molecular weight excluding hydrogens is 184 g/mol. The summed E-state index contributed by atoms with van der Waals surface area (Å²) in [6, 6.07) is 0. The third-order valence-electron chi connectivity index (χ3n) is 2.55. The first kappa shape index (κ1) is 10.9. The number of carboxylic acids is 1. The van der Waals surface area contributed by atoms with E-state index in [1.807, 2.05) is 11.8 Å². The number of thioether (sulfide) groups is 1. The largest absolute Gasteiger partial charge is 0.481 e. The molecule has 2 nitrogen and oxygen atoms in total. The highest BCUT2D eigenvalue weighted by molar-refractivity contribution is 7.99. The Morgan fingerprint density at radius 1 is 1.62 bits per heavy atom. The van der Waals surface area contributed by atoms with Gasteiger partial charge in [-0.3, -0.25) is 4.79 Å². The SMILES string of the molecule is CC(C)CC1(CC(=O)O)CCSC1. The summed E-state index contributed by atoms with van der Waals surface area (Å²) in [5.41, 5.74) is 0.102. The van der Waals surface area contributed by atoms with Crippen LogP contribution in [0.1, 0.15) is 33.1 Å². The summed E-state index contributed by atoms with van der Waals surface area (Å²) >= 11 is 1.90. The molecule has 1 aliphatic rings. The first-order valence-electron chi connectivity index (χ1n) is 4.84. The Labute approximate surface area is 84.1 Å². The van der Waals surface area contributed by atoms with Crippen LogP contribution in [0, 0.1) is 11.3 Å². The van der Waals surface area contributed by atoms with Crippen molar-refractivity contribution in [1.82, 2.24) is 0 Å². The normalized spacial score (nSPS) is 28.2. The maximum Gasteiger partial charge on any atom is 0.303 e. The Balaban J connectivity index is 2.57. The van der Waals surface area contributed by atoms with Crippen LogP contribution in [0.25, 0.3) is 0 Å². The van der Waals surface area contributed by atoms with E-state index in [1.165, 1.54) is 0 Å². The maximum atomic E-state index is 10.7. The van der Waals surface area contributed by atoms with Crippen LogP contribution >= 0.6 is 11.8 Å². The molecule has 0 aromatic rings. The van der Waals surface area contributed by atoms with E-state index in [4.69, 9.17) is 5.11 Å². The zero-order chi connectivity index (χ0) is 9.90. The number of carbonyl (C=O) groups is 1. The third kappa shape index (κ3) is 3.22. The molecule has 1 N–H and O–H groups in total. The first-order valence-corrected chi connectivity index (χ1v) is 5.99. The molecule has 0 amide bonds. The molecule has 1 heterocycles. The van der Waals surface area contributed by atoms with Crippen molar-refractivity contribution in [3.63, 3.8) is 0 Å². The van der Waals surface area contributed by atoms with Gasteiger partial charge in [0, 0.05) is 0 Å². The molecule has 13 heavy (non-hydrogen) atoms. The van der Waals surface area contributed by atoms with Crippen LogP contribution in [0.15, 0.2) is 0 Å². The van der Waals surface area contributed by atoms with E-state index in [1.54, 1.807) is 0 Å². The second kappa shape index (κ2) is 4.36. The van der Waals surface area contributed by atoms with Gasteiger partial charge in [0.1, 0.15) is 0 Å². The van der Waals surface area contributed by atoms with Gasteiger partial charge in [0.15, 0.2) is 0 Å². The van der Waals surface area contributed by atoms with Gasteiger partial charge in [-0.15, -0.1) is 0 Å². The Morgan fingerprint density at radius 3 is 2.69 bits per heavy atom. The predicted molar refractivity (Wildman–Crippen MR) is 56.1 cm³/mol. The third-order valence-corrected chi connectivity index (χ3v) is 3.86. The van der Waals surface area contributed by atoms with E-state index in [0.29, 0.717) is 12.3 Å². The average Bonchev–Trinajstić information content (AvgIpc) is 2.33. The van der Waals surface area contributed by atoms with Crippen molar-refractivity contribution in [2.24, 2.45) is 11.3 Å². The van der Waals surface area contributed by atoms with Crippen LogP contribution in [-0.2, 0) is 4.79 Å². The molecule has 0 aromatic heterocycles. The zero-order valence-corrected chi connectivity index (χ0v) is 9.19. The molecular formula is C10H18O2S. The van der Waals surface area contributed by atoms with Crippen LogP contribution in [0.5, 0.6) is 0 Å². The van der Waals surface area contributed by atoms with Crippen molar-refractivity contribution in [2.45, 2.75) is 33.1 Å². The molecule has 0 aliphatic carbocycles. The topological polar surface area (TPSA) is 37.3 Å². The van der Waals surface area contributed by atoms with Gasteiger partial charge in [0.25, 0.3) is 0 Å². The van der Waals surface area contributed by atoms with Crippen molar-refractivity contribution in [1.29, 1.82) is 0 Å². The van der Waals surface area contributed by atoms with Crippen molar-refractivity contribution in [3.05, 3.63) is 0 Å². The van der Waals surface area contributed by atoms with E-state index >= 15 is 0 Å². The molecule has 0 radical (unpaired) electrons. The number of hydrogen-bond acceptors (Lipinski definition) is 2. The smallest absolute Gasteiger partial charge is 0.303 e. The summed E-state index contributed by atoms with van der Waals surface area (Å²) in [7, 11) is 0. The Bertz CT molecular complexity index is 183. The lowest BCUT2D eigenvalue weighted by Crippen LogP contribution is -2.26. The lowest BCUT2D eigenvalue weighted by molar-refractivity contribution is -0.139. The van der Waals surface area contributed by atoms with Gasteiger partial charge >= 0.3 is 5.97 Å². The van der Waals surface area contributed by atoms with Gasteiger partial charge < -0.3 is 5.11 Å². The van der Waals surface area contributed by atoms with Gasteiger partial charge in [-0.2, -0.15) is 11.8 Å². The molecule has 0 saturated carbocycles. The highest BCUT2D eigenvalue weighted by Crippen LogP contribution is 2.43. The van der Waals surface area contributed by atoms with Crippen molar-refractivity contribution < 1.29 is 9.90 Å². The minimum absolute atomic E-state index is 0.102. The predicted octanol–water partition coefficient (Wildman–Crippen LogP) is 2.63.